The molecule has 0 aliphatic carbocycles. The van der Waals surface area contributed by atoms with Gasteiger partial charge in [0.2, 0.25) is 17.7 Å². The standard InChI is InChI=1S/C7H12N6O2/c1-2-9-4(14)3-10-6(15)5-11-7(8)13-12-5/h2-3H2,1H3,(H,9,14)(H,10,15)(H3,8,11,12,13). The molecule has 0 atom stereocenters. The molecule has 8 heteroatoms. The van der Waals surface area contributed by atoms with Gasteiger partial charge in [-0.15, -0.1) is 5.10 Å². The molecule has 5 N–H and O–H groups in total. The summed E-state index contributed by atoms with van der Waals surface area (Å²) in [6.07, 6.45) is 0. The van der Waals surface area contributed by atoms with Gasteiger partial charge in [-0.25, -0.2) is 0 Å². The topological polar surface area (TPSA) is 126 Å². The van der Waals surface area contributed by atoms with Gasteiger partial charge in [0.05, 0.1) is 6.54 Å². The highest BCUT2D eigenvalue weighted by molar-refractivity contribution is 5.93. The van der Waals surface area contributed by atoms with Crippen molar-refractivity contribution in [2.24, 2.45) is 0 Å². The maximum atomic E-state index is 11.3. The molecule has 8 nitrogen and oxygen atoms in total. The Hall–Kier alpha value is -2.12. The predicted molar refractivity (Wildman–Crippen MR) is 51.8 cm³/mol. The molecule has 1 rings (SSSR count). The van der Waals surface area contributed by atoms with E-state index in [0.29, 0.717) is 6.54 Å². The molecule has 0 spiro atoms. The zero-order chi connectivity index (χ0) is 11.3. The summed E-state index contributed by atoms with van der Waals surface area (Å²) in [5.41, 5.74) is 5.21. The molecule has 1 aromatic rings. The van der Waals surface area contributed by atoms with Crippen LogP contribution in [0.4, 0.5) is 5.95 Å². The van der Waals surface area contributed by atoms with Gasteiger partial charge in [0.15, 0.2) is 0 Å². The van der Waals surface area contributed by atoms with Crippen LogP contribution in [0.15, 0.2) is 0 Å². The highest BCUT2D eigenvalue weighted by Gasteiger charge is 2.11. The molecule has 2 amide bonds. The zero-order valence-electron chi connectivity index (χ0n) is 8.20. The highest BCUT2D eigenvalue weighted by atomic mass is 16.2. The van der Waals surface area contributed by atoms with E-state index in [0.717, 1.165) is 0 Å². The minimum absolute atomic E-state index is 0.0156. The van der Waals surface area contributed by atoms with Crippen molar-refractivity contribution < 1.29 is 9.59 Å². The lowest BCUT2D eigenvalue weighted by Gasteiger charge is -2.02. The summed E-state index contributed by atoms with van der Waals surface area (Å²) >= 11 is 0. The molecule has 0 unspecified atom stereocenters. The second-order valence-corrected chi connectivity index (χ2v) is 2.68. The number of nitrogen functional groups attached to an aromatic ring is 1. The first-order valence-electron chi connectivity index (χ1n) is 4.36. The predicted octanol–water partition coefficient (Wildman–Crippen LogP) is -1.75. The molecule has 0 saturated carbocycles. The Labute approximate surface area is 85.6 Å². The second kappa shape index (κ2) is 4.94. The van der Waals surface area contributed by atoms with Gasteiger partial charge in [-0.2, -0.15) is 4.98 Å². The first-order valence-corrected chi connectivity index (χ1v) is 4.36. The fourth-order valence-corrected chi connectivity index (χ4v) is 0.880. The maximum Gasteiger partial charge on any atom is 0.289 e. The van der Waals surface area contributed by atoms with E-state index in [1.54, 1.807) is 6.92 Å². The summed E-state index contributed by atoms with van der Waals surface area (Å²) in [5.74, 6) is -0.821. The van der Waals surface area contributed by atoms with E-state index in [4.69, 9.17) is 5.73 Å². The quantitative estimate of drug-likeness (QED) is 0.471. The SMILES string of the molecule is CCNC(=O)CNC(=O)c1nc(N)n[nH]1. The molecule has 82 valence electrons. The zero-order valence-corrected chi connectivity index (χ0v) is 8.20. The number of nitrogens with two attached hydrogens (primary N) is 1. The van der Waals surface area contributed by atoms with E-state index in [2.05, 4.69) is 25.8 Å². The third kappa shape index (κ3) is 3.25. The normalized spacial score (nSPS) is 9.67. The van der Waals surface area contributed by atoms with Gasteiger partial charge in [0.1, 0.15) is 0 Å². The van der Waals surface area contributed by atoms with Gasteiger partial charge in [0.25, 0.3) is 5.91 Å². The van der Waals surface area contributed by atoms with Gasteiger partial charge in [0, 0.05) is 6.54 Å². The first-order chi connectivity index (χ1) is 7.13. The minimum atomic E-state index is -0.523. The summed E-state index contributed by atoms with van der Waals surface area (Å²) in [6.45, 7) is 2.20. The molecule has 1 heterocycles. The number of H-pyrrole nitrogens is 1. The number of rotatable bonds is 4. The largest absolute Gasteiger partial charge is 0.366 e. The summed E-state index contributed by atoms with van der Waals surface area (Å²) in [5, 5.41) is 10.7. The Balaban J connectivity index is 2.40. The second-order valence-electron chi connectivity index (χ2n) is 2.68. The van der Waals surface area contributed by atoms with E-state index in [-0.39, 0.29) is 24.2 Å². The molecule has 15 heavy (non-hydrogen) atoms. The average molecular weight is 212 g/mol. The van der Waals surface area contributed by atoms with Crippen molar-refractivity contribution in [2.45, 2.75) is 6.92 Å². The highest BCUT2D eigenvalue weighted by Crippen LogP contribution is 1.91. The first kappa shape index (κ1) is 11.0. The number of carbonyl (C=O) groups excluding carboxylic acids is 2. The van der Waals surface area contributed by atoms with Crippen molar-refractivity contribution in [3.63, 3.8) is 0 Å². The van der Waals surface area contributed by atoms with Crippen LogP contribution in [-0.4, -0.2) is 40.1 Å². The summed E-state index contributed by atoms with van der Waals surface area (Å²) in [7, 11) is 0. The molecule has 0 bridgehead atoms. The molecule has 0 radical (unpaired) electrons. The van der Waals surface area contributed by atoms with Gasteiger partial charge in [-0.1, -0.05) is 0 Å². The van der Waals surface area contributed by atoms with Crippen LogP contribution < -0.4 is 16.4 Å². The van der Waals surface area contributed by atoms with Crippen LogP contribution in [0.25, 0.3) is 0 Å². The number of nitrogens with one attached hydrogen (secondary N) is 3. The fourth-order valence-electron chi connectivity index (χ4n) is 0.880. The van der Waals surface area contributed by atoms with E-state index in [1.807, 2.05) is 0 Å². The van der Waals surface area contributed by atoms with Gasteiger partial charge in [-0.05, 0) is 6.92 Å². The van der Waals surface area contributed by atoms with Crippen molar-refractivity contribution in [1.82, 2.24) is 25.8 Å². The third-order valence-corrected chi connectivity index (χ3v) is 1.50. The Morgan fingerprint density at radius 1 is 1.47 bits per heavy atom. The Morgan fingerprint density at radius 3 is 2.73 bits per heavy atom. The van der Waals surface area contributed by atoms with Crippen molar-refractivity contribution in [3.05, 3.63) is 5.82 Å². The number of amides is 2. The summed E-state index contributed by atoms with van der Waals surface area (Å²) in [6, 6.07) is 0. The van der Waals surface area contributed by atoms with Crippen LogP contribution in [-0.2, 0) is 4.79 Å². The van der Waals surface area contributed by atoms with Gasteiger partial charge < -0.3 is 16.4 Å². The molecule has 0 aromatic carbocycles. The summed E-state index contributed by atoms with van der Waals surface area (Å²) < 4.78 is 0. The lowest BCUT2D eigenvalue weighted by Crippen LogP contribution is -2.37. The van der Waals surface area contributed by atoms with Crippen molar-refractivity contribution >= 4 is 17.8 Å². The molecule has 0 aliphatic rings. The number of nitrogens with zero attached hydrogens (tertiary/aromatic N) is 2. The van der Waals surface area contributed by atoms with Crippen molar-refractivity contribution in [2.75, 3.05) is 18.8 Å². The Morgan fingerprint density at radius 2 is 2.20 bits per heavy atom. The van der Waals surface area contributed by atoms with Crippen LogP contribution in [0, 0.1) is 0 Å². The Bertz CT molecular complexity index is 360. The molecular weight excluding hydrogens is 200 g/mol. The number of hydrogen-bond donors (Lipinski definition) is 4. The van der Waals surface area contributed by atoms with E-state index in [9.17, 15) is 9.59 Å². The minimum Gasteiger partial charge on any atom is -0.366 e. The lowest BCUT2D eigenvalue weighted by atomic mass is 10.5. The number of carbonyl (C=O) groups is 2. The number of likely N-dealkylation sites (N-methyl/N-ethyl adjacent to an activating group) is 1. The maximum absolute atomic E-state index is 11.3. The number of hydrogen-bond acceptors (Lipinski definition) is 5. The number of anilines is 1. The van der Waals surface area contributed by atoms with Gasteiger partial charge in [-0.3, -0.25) is 14.7 Å². The Kier molecular flexibility index (Phi) is 3.61. The average Bonchev–Trinajstić information content (AvgIpc) is 2.62. The van der Waals surface area contributed by atoms with E-state index in [1.165, 1.54) is 0 Å². The fraction of sp³-hybridized carbons (Fsp3) is 0.429. The van der Waals surface area contributed by atoms with E-state index < -0.39 is 5.91 Å². The molecule has 0 aliphatic heterocycles. The summed E-state index contributed by atoms with van der Waals surface area (Å²) in [4.78, 5) is 25.9. The van der Waals surface area contributed by atoms with Crippen LogP contribution in [0.2, 0.25) is 0 Å². The van der Waals surface area contributed by atoms with Crippen molar-refractivity contribution in [1.29, 1.82) is 0 Å². The van der Waals surface area contributed by atoms with Crippen LogP contribution in [0.1, 0.15) is 17.5 Å². The van der Waals surface area contributed by atoms with Crippen molar-refractivity contribution in [3.8, 4) is 0 Å². The molecular formula is C7H12N6O2. The van der Waals surface area contributed by atoms with Crippen LogP contribution in [0.3, 0.4) is 0 Å². The van der Waals surface area contributed by atoms with Gasteiger partial charge >= 0.3 is 0 Å². The number of aromatic amines is 1. The van der Waals surface area contributed by atoms with Crippen LogP contribution >= 0.6 is 0 Å². The smallest absolute Gasteiger partial charge is 0.289 e. The monoisotopic (exact) mass is 212 g/mol. The van der Waals surface area contributed by atoms with E-state index >= 15 is 0 Å². The molecule has 1 aromatic heterocycles. The number of aromatic nitrogens is 3. The lowest BCUT2D eigenvalue weighted by molar-refractivity contribution is -0.120. The molecule has 0 saturated heterocycles. The third-order valence-electron chi connectivity index (χ3n) is 1.50. The molecule has 0 fully saturated rings. The van der Waals surface area contributed by atoms with Crippen LogP contribution in [0.5, 0.6) is 0 Å².